The standard InChI is InChI=1S/C11H18N2O8.Na/c14-8(15)4-12(5-9(16)17)2-1-3-13(6-10(18)19)7-11(20)21;/h1-7H2,(H,14,15)(H,16,17)(H,18,19)(H,20,21);. The first kappa shape index (κ1) is 23.1. The van der Waals surface area contributed by atoms with E-state index in [4.69, 9.17) is 20.4 Å². The van der Waals surface area contributed by atoms with E-state index in [0.717, 1.165) is 0 Å². The van der Waals surface area contributed by atoms with Gasteiger partial charge in [0.05, 0.1) is 26.2 Å². The number of carbonyl (C=O) groups is 4. The minimum Gasteiger partial charge on any atom is -0.480 e. The number of aliphatic carboxylic acids is 4. The van der Waals surface area contributed by atoms with E-state index in [0.29, 0.717) is 0 Å². The van der Waals surface area contributed by atoms with E-state index >= 15 is 0 Å². The SMILES string of the molecule is O=C(O)CN(CCCN(CC(=O)O)CC(=O)O)CC(=O)O.[Na]. The summed E-state index contributed by atoms with van der Waals surface area (Å²) >= 11 is 0. The summed E-state index contributed by atoms with van der Waals surface area (Å²) in [5.41, 5.74) is 0. The number of rotatable bonds is 12. The molecule has 0 rings (SSSR count). The molecule has 1 radical (unpaired) electrons. The molecule has 0 atom stereocenters. The molecule has 0 saturated heterocycles. The number of hydrogen-bond donors (Lipinski definition) is 4. The summed E-state index contributed by atoms with van der Waals surface area (Å²) in [5, 5.41) is 34.6. The summed E-state index contributed by atoms with van der Waals surface area (Å²) in [5.74, 6) is -4.71. The maximum atomic E-state index is 10.6. The maximum absolute atomic E-state index is 10.6. The van der Waals surface area contributed by atoms with Crippen LogP contribution in [0.4, 0.5) is 0 Å². The normalized spacial score (nSPS) is 10.3. The van der Waals surface area contributed by atoms with Crippen LogP contribution in [0, 0.1) is 0 Å². The Morgan fingerprint density at radius 3 is 1.00 bits per heavy atom. The molecule has 0 aliphatic rings. The van der Waals surface area contributed by atoms with Crippen molar-refractivity contribution in [1.29, 1.82) is 0 Å². The van der Waals surface area contributed by atoms with Gasteiger partial charge in [-0.05, 0) is 6.42 Å². The zero-order valence-electron chi connectivity index (χ0n) is 12.3. The topological polar surface area (TPSA) is 156 Å². The third kappa shape index (κ3) is 13.8. The fourth-order valence-corrected chi connectivity index (χ4v) is 1.71. The molecule has 0 fully saturated rings. The molecule has 0 aromatic rings. The predicted octanol–water partition coefficient (Wildman–Crippen LogP) is -2.06. The Morgan fingerprint density at radius 2 is 0.818 bits per heavy atom. The van der Waals surface area contributed by atoms with Crippen LogP contribution in [0.15, 0.2) is 0 Å². The Balaban J connectivity index is 0. The van der Waals surface area contributed by atoms with Gasteiger partial charge < -0.3 is 20.4 Å². The van der Waals surface area contributed by atoms with Crippen molar-refractivity contribution < 1.29 is 39.6 Å². The van der Waals surface area contributed by atoms with Crippen LogP contribution in [-0.4, -0.2) is 123 Å². The average Bonchev–Trinajstić information content (AvgIpc) is 2.24. The van der Waals surface area contributed by atoms with Crippen LogP contribution in [-0.2, 0) is 19.2 Å². The van der Waals surface area contributed by atoms with E-state index in [-0.39, 0.29) is 49.1 Å². The molecule has 0 aromatic heterocycles. The van der Waals surface area contributed by atoms with E-state index in [1.807, 2.05) is 0 Å². The Kier molecular flexibility index (Phi) is 13.0. The molecule has 0 aliphatic heterocycles. The number of carboxylic acids is 4. The minimum atomic E-state index is -1.18. The monoisotopic (exact) mass is 329 g/mol. The summed E-state index contributed by atoms with van der Waals surface area (Å²) in [6.45, 7) is -1.61. The molecule has 4 N–H and O–H groups in total. The van der Waals surface area contributed by atoms with Gasteiger partial charge in [-0.3, -0.25) is 29.0 Å². The van der Waals surface area contributed by atoms with Crippen LogP contribution in [0.2, 0.25) is 0 Å². The molecule has 121 valence electrons. The Morgan fingerprint density at radius 1 is 0.591 bits per heavy atom. The molecule has 0 spiro atoms. The van der Waals surface area contributed by atoms with E-state index in [2.05, 4.69) is 0 Å². The molecule has 11 heteroatoms. The van der Waals surface area contributed by atoms with Gasteiger partial charge in [0.1, 0.15) is 0 Å². The van der Waals surface area contributed by atoms with Gasteiger partial charge in [0, 0.05) is 42.6 Å². The van der Waals surface area contributed by atoms with Gasteiger partial charge in [-0.25, -0.2) is 0 Å². The third-order valence-corrected chi connectivity index (χ3v) is 2.38. The zero-order valence-corrected chi connectivity index (χ0v) is 14.3. The van der Waals surface area contributed by atoms with Crippen molar-refractivity contribution in [3.05, 3.63) is 0 Å². The molecule has 0 bridgehead atoms. The molecule has 0 heterocycles. The van der Waals surface area contributed by atoms with Crippen LogP contribution in [0.5, 0.6) is 0 Å². The molecule has 0 aromatic carbocycles. The van der Waals surface area contributed by atoms with E-state index < -0.39 is 50.1 Å². The number of carboxylic acid groups (broad SMARTS) is 4. The van der Waals surface area contributed by atoms with Crippen LogP contribution < -0.4 is 0 Å². The molecular weight excluding hydrogens is 311 g/mol. The molecule has 0 saturated carbocycles. The summed E-state index contributed by atoms with van der Waals surface area (Å²) in [4.78, 5) is 44.7. The fourth-order valence-electron chi connectivity index (χ4n) is 1.71. The summed E-state index contributed by atoms with van der Waals surface area (Å²) in [7, 11) is 0. The first-order chi connectivity index (χ1) is 9.70. The van der Waals surface area contributed by atoms with Gasteiger partial charge in [-0.2, -0.15) is 0 Å². The minimum absolute atomic E-state index is 0. The molecule has 0 amide bonds. The van der Waals surface area contributed by atoms with Crippen LogP contribution in [0.3, 0.4) is 0 Å². The van der Waals surface area contributed by atoms with Crippen LogP contribution >= 0.6 is 0 Å². The van der Waals surface area contributed by atoms with Crippen molar-refractivity contribution in [1.82, 2.24) is 9.80 Å². The van der Waals surface area contributed by atoms with E-state index in [1.165, 1.54) is 9.80 Å². The van der Waals surface area contributed by atoms with Gasteiger partial charge >= 0.3 is 23.9 Å². The second-order valence-electron chi connectivity index (χ2n) is 4.35. The van der Waals surface area contributed by atoms with Crippen LogP contribution in [0.1, 0.15) is 6.42 Å². The summed E-state index contributed by atoms with van der Waals surface area (Å²) < 4.78 is 0. The molecule has 22 heavy (non-hydrogen) atoms. The average molecular weight is 329 g/mol. The number of hydrogen-bond acceptors (Lipinski definition) is 6. The van der Waals surface area contributed by atoms with Crippen molar-refractivity contribution in [3.63, 3.8) is 0 Å². The van der Waals surface area contributed by atoms with Gasteiger partial charge in [0.15, 0.2) is 0 Å². The summed E-state index contributed by atoms with van der Waals surface area (Å²) in [6, 6.07) is 0. The van der Waals surface area contributed by atoms with Crippen molar-refractivity contribution in [2.24, 2.45) is 0 Å². The van der Waals surface area contributed by atoms with Gasteiger partial charge in [0.25, 0.3) is 0 Å². The zero-order chi connectivity index (χ0) is 16.4. The van der Waals surface area contributed by atoms with Crippen molar-refractivity contribution in [2.45, 2.75) is 6.42 Å². The van der Waals surface area contributed by atoms with Crippen LogP contribution in [0.25, 0.3) is 0 Å². The molecule has 0 aliphatic carbocycles. The first-order valence-electron chi connectivity index (χ1n) is 6.02. The molecular formula is C11H18N2NaO8. The third-order valence-electron chi connectivity index (χ3n) is 2.38. The van der Waals surface area contributed by atoms with E-state index in [1.54, 1.807) is 0 Å². The number of nitrogens with zero attached hydrogens (tertiary/aromatic N) is 2. The van der Waals surface area contributed by atoms with Gasteiger partial charge in [0.2, 0.25) is 0 Å². The van der Waals surface area contributed by atoms with Gasteiger partial charge in [-0.1, -0.05) is 0 Å². The molecule has 0 unspecified atom stereocenters. The second kappa shape index (κ2) is 12.4. The smallest absolute Gasteiger partial charge is 0.317 e. The predicted molar refractivity (Wildman–Crippen MR) is 73.8 cm³/mol. The Hall–Kier alpha value is -1.20. The van der Waals surface area contributed by atoms with Crippen molar-refractivity contribution in [3.8, 4) is 0 Å². The summed E-state index contributed by atoms with van der Waals surface area (Å²) in [6.07, 6.45) is 0.251. The fraction of sp³-hybridized carbons (Fsp3) is 0.636. The Bertz CT molecular complexity index is 336. The quantitative estimate of drug-likeness (QED) is 0.294. The largest absolute Gasteiger partial charge is 0.480 e. The molecule has 10 nitrogen and oxygen atoms in total. The second-order valence-corrected chi connectivity index (χ2v) is 4.35. The van der Waals surface area contributed by atoms with Gasteiger partial charge in [-0.15, -0.1) is 0 Å². The van der Waals surface area contributed by atoms with E-state index in [9.17, 15) is 19.2 Å². The van der Waals surface area contributed by atoms with Crippen molar-refractivity contribution >= 4 is 53.4 Å². The maximum Gasteiger partial charge on any atom is 0.317 e. The Labute approximate surface area is 148 Å². The first-order valence-corrected chi connectivity index (χ1v) is 6.02. The van der Waals surface area contributed by atoms with Crippen molar-refractivity contribution in [2.75, 3.05) is 39.3 Å².